The van der Waals surface area contributed by atoms with Crippen LogP contribution >= 0.6 is 0 Å². The van der Waals surface area contributed by atoms with Crippen molar-refractivity contribution >= 4 is 0 Å². The number of hydrogen-bond acceptors (Lipinski definition) is 0. The zero-order valence-corrected chi connectivity index (χ0v) is 9.53. The van der Waals surface area contributed by atoms with Crippen LogP contribution in [0.1, 0.15) is 59.3 Å². The van der Waals surface area contributed by atoms with E-state index in [2.05, 4.69) is 33.4 Å². The molecule has 0 bridgehead atoms. The van der Waals surface area contributed by atoms with Crippen LogP contribution in [0.3, 0.4) is 0 Å². The minimum atomic E-state index is 1.18. The van der Waals surface area contributed by atoms with Gasteiger partial charge in [-0.25, -0.2) is 0 Å². The van der Waals surface area contributed by atoms with Gasteiger partial charge in [0.25, 0.3) is 0 Å². The van der Waals surface area contributed by atoms with Crippen molar-refractivity contribution in [3.63, 3.8) is 0 Å². The molecule has 0 aromatic heterocycles. The molecule has 0 aromatic rings. The predicted molar refractivity (Wildman–Crippen MR) is 61.9 cm³/mol. The molecule has 0 aliphatic rings. The zero-order valence-electron chi connectivity index (χ0n) is 9.53. The van der Waals surface area contributed by atoms with Crippen LogP contribution in [-0.4, -0.2) is 0 Å². The Bertz CT molecular complexity index is 163. The van der Waals surface area contributed by atoms with Gasteiger partial charge in [0.15, 0.2) is 0 Å². The van der Waals surface area contributed by atoms with Crippen LogP contribution in [0.2, 0.25) is 0 Å². The Hall–Kier alpha value is -0.520. The lowest BCUT2D eigenvalue weighted by Gasteiger charge is -2.05. The Balaban J connectivity index is 3.69. The third-order valence-electron chi connectivity index (χ3n) is 2.38. The van der Waals surface area contributed by atoms with Crippen LogP contribution < -0.4 is 0 Å². The Morgan fingerprint density at radius 3 is 2.38 bits per heavy atom. The molecule has 0 spiro atoms. The second-order valence-corrected chi connectivity index (χ2v) is 3.74. The van der Waals surface area contributed by atoms with E-state index < -0.39 is 0 Å². The molecule has 0 aromatic carbocycles. The quantitative estimate of drug-likeness (QED) is 0.387. The van der Waals surface area contributed by atoms with Crippen LogP contribution in [-0.2, 0) is 0 Å². The molecule has 13 heavy (non-hydrogen) atoms. The van der Waals surface area contributed by atoms with Crippen molar-refractivity contribution in [2.75, 3.05) is 0 Å². The van der Waals surface area contributed by atoms with Crippen LogP contribution in [0, 0.1) is 0 Å². The number of allylic oxidation sites excluding steroid dienone is 3. The molecule has 0 atom stereocenters. The highest BCUT2D eigenvalue weighted by Crippen LogP contribution is 2.16. The molecule has 0 heteroatoms. The highest BCUT2D eigenvalue weighted by atomic mass is 14.0. The van der Waals surface area contributed by atoms with Gasteiger partial charge in [-0.05, 0) is 26.2 Å². The van der Waals surface area contributed by atoms with Crippen molar-refractivity contribution in [3.8, 4) is 0 Å². The van der Waals surface area contributed by atoms with Gasteiger partial charge in [-0.15, -0.1) is 0 Å². The molecule has 0 rings (SSSR count). The monoisotopic (exact) mass is 180 g/mol. The van der Waals surface area contributed by atoms with E-state index >= 15 is 0 Å². The van der Waals surface area contributed by atoms with Gasteiger partial charge in [0.1, 0.15) is 0 Å². The summed E-state index contributed by atoms with van der Waals surface area (Å²) in [6.45, 7) is 10.7. The lowest BCUT2D eigenvalue weighted by molar-refractivity contribution is 0.716. The minimum absolute atomic E-state index is 1.18. The topological polar surface area (TPSA) is 0 Å². The van der Waals surface area contributed by atoms with Crippen molar-refractivity contribution in [1.29, 1.82) is 0 Å². The van der Waals surface area contributed by atoms with E-state index in [9.17, 15) is 0 Å². The highest BCUT2D eigenvalue weighted by molar-refractivity contribution is 5.25. The van der Waals surface area contributed by atoms with E-state index in [4.69, 9.17) is 0 Å². The number of unbranched alkanes of at least 4 members (excludes halogenated alkanes) is 3. The fraction of sp³-hybridized carbons (Fsp3) is 0.692. The van der Waals surface area contributed by atoms with Crippen LogP contribution in [0.25, 0.3) is 0 Å². The van der Waals surface area contributed by atoms with Crippen LogP contribution in [0.4, 0.5) is 0 Å². The molecule has 0 N–H and O–H groups in total. The van der Waals surface area contributed by atoms with Crippen molar-refractivity contribution in [3.05, 3.63) is 23.8 Å². The van der Waals surface area contributed by atoms with Gasteiger partial charge in [0, 0.05) is 0 Å². The summed E-state index contributed by atoms with van der Waals surface area (Å²) in [6, 6.07) is 0. The maximum Gasteiger partial charge on any atom is -0.0282 e. The normalized spacial score (nSPS) is 11.8. The summed E-state index contributed by atoms with van der Waals surface area (Å²) in [4.78, 5) is 0. The second-order valence-electron chi connectivity index (χ2n) is 3.74. The summed E-state index contributed by atoms with van der Waals surface area (Å²) in [7, 11) is 0. The van der Waals surface area contributed by atoms with Gasteiger partial charge in [0.05, 0.1) is 0 Å². The average Bonchev–Trinajstić information content (AvgIpc) is 2.14. The highest BCUT2D eigenvalue weighted by Gasteiger charge is 1.96. The smallest absolute Gasteiger partial charge is 0.0282 e. The molecule has 0 nitrogen and oxygen atoms in total. The average molecular weight is 180 g/mol. The molecular weight excluding hydrogens is 156 g/mol. The van der Waals surface area contributed by atoms with Crippen LogP contribution in [0.5, 0.6) is 0 Å². The summed E-state index contributed by atoms with van der Waals surface area (Å²) in [5.41, 5.74) is 2.74. The summed E-state index contributed by atoms with van der Waals surface area (Å²) in [6.07, 6.45) is 9.85. The van der Waals surface area contributed by atoms with Crippen molar-refractivity contribution in [1.82, 2.24) is 0 Å². The molecule has 0 radical (unpaired) electrons. The Labute approximate surface area is 83.7 Å². The number of hydrogen-bond donors (Lipinski definition) is 0. The molecule has 0 saturated carbocycles. The van der Waals surface area contributed by atoms with Gasteiger partial charge in [0.2, 0.25) is 0 Å². The summed E-state index contributed by atoms with van der Waals surface area (Å²) in [5.74, 6) is 0. The maximum absolute atomic E-state index is 4.11. The van der Waals surface area contributed by atoms with Gasteiger partial charge < -0.3 is 0 Å². The minimum Gasteiger partial charge on any atom is -0.0956 e. The number of rotatable bonds is 7. The Morgan fingerprint density at radius 2 is 1.85 bits per heavy atom. The van der Waals surface area contributed by atoms with Gasteiger partial charge >= 0.3 is 0 Å². The lowest BCUT2D eigenvalue weighted by atomic mass is 10.0. The van der Waals surface area contributed by atoms with E-state index in [-0.39, 0.29) is 0 Å². The molecule has 0 saturated heterocycles. The second kappa shape index (κ2) is 8.10. The molecule has 0 unspecified atom stereocenters. The van der Waals surface area contributed by atoms with E-state index in [1.807, 2.05) is 0 Å². The molecule has 0 fully saturated rings. The largest absolute Gasteiger partial charge is 0.0956 e. The molecular formula is C13H24. The van der Waals surface area contributed by atoms with Gasteiger partial charge in [-0.3, -0.25) is 0 Å². The van der Waals surface area contributed by atoms with E-state index in [1.54, 1.807) is 0 Å². The first-order chi connectivity index (χ1) is 6.22. The molecule has 0 aliphatic carbocycles. The SMILES string of the molecule is C=C(CCCCC)/C(C)=C/CCC. The van der Waals surface area contributed by atoms with Gasteiger partial charge in [-0.1, -0.05) is 56.9 Å². The zero-order chi connectivity index (χ0) is 10.1. The van der Waals surface area contributed by atoms with E-state index in [0.717, 1.165) is 0 Å². The van der Waals surface area contributed by atoms with Gasteiger partial charge in [-0.2, -0.15) is 0 Å². The van der Waals surface area contributed by atoms with E-state index in [1.165, 1.54) is 49.7 Å². The summed E-state index contributed by atoms with van der Waals surface area (Å²) >= 11 is 0. The molecule has 76 valence electrons. The molecule has 0 amide bonds. The standard InChI is InChI=1S/C13H24/c1-5-7-9-11-13(4)12(3)10-8-6-2/h10H,4-9,11H2,1-3H3/b12-10+. The Morgan fingerprint density at radius 1 is 1.15 bits per heavy atom. The third kappa shape index (κ3) is 6.62. The first kappa shape index (κ1) is 12.5. The fourth-order valence-electron chi connectivity index (χ4n) is 1.29. The first-order valence-corrected chi connectivity index (χ1v) is 5.57. The van der Waals surface area contributed by atoms with Crippen molar-refractivity contribution in [2.45, 2.75) is 59.3 Å². The summed E-state index contributed by atoms with van der Waals surface area (Å²) in [5, 5.41) is 0. The first-order valence-electron chi connectivity index (χ1n) is 5.57. The molecule has 0 heterocycles. The molecule has 0 aliphatic heterocycles. The lowest BCUT2D eigenvalue weighted by Crippen LogP contribution is -1.85. The van der Waals surface area contributed by atoms with E-state index in [0.29, 0.717) is 0 Å². The fourth-order valence-corrected chi connectivity index (χ4v) is 1.29. The summed E-state index contributed by atoms with van der Waals surface area (Å²) < 4.78 is 0. The van der Waals surface area contributed by atoms with Crippen molar-refractivity contribution in [2.24, 2.45) is 0 Å². The maximum atomic E-state index is 4.11. The Kier molecular flexibility index (Phi) is 7.77. The van der Waals surface area contributed by atoms with Crippen LogP contribution in [0.15, 0.2) is 23.8 Å². The predicted octanol–water partition coefficient (Wildman–Crippen LogP) is 4.87. The van der Waals surface area contributed by atoms with Crippen molar-refractivity contribution < 1.29 is 0 Å². The third-order valence-corrected chi connectivity index (χ3v) is 2.38.